The van der Waals surface area contributed by atoms with Gasteiger partial charge in [-0.1, -0.05) is 13.8 Å². The summed E-state index contributed by atoms with van der Waals surface area (Å²) in [5, 5.41) is 8.66. The average Bonchev–Trinajstić information content (AvgIpc) is 2.30. The topological polar surface area (TPSA) is 27.0 Å². The molecule has 0 radical (unpaired) electrons. The molecule has 1 aliphatic heterocycles. The van der Waals surface area contributed by atoms with Crippen LogP contribution in [-0.4, -0.2) is 13.1 Å². The lowest BCUT2D eigenvalue weighted by atomic mass is 9.82. The van der Waals surface area contributed by atoms with Gasteiger partial charge < -0.3 is 4.90 Å². The van der Waals surface area contributed by atoms with Gasteiger partial charge in [-0.15, -0.1) is 0 Å². The zero-order chi connectivity index (χ0) is 13.3. The number of rotatable bonds is 1. The van der Waals surface area contributed by atoms with Crippen LogP contribution in [0, 0.1) is 28.4 Å². The number of hydrogen-bond donors (Lipinski definition) is 0. The van der Waals surface area contributed by atoms with E-state index in [2.05, 4.69) is 13.8 Å². The maximum atomic E-state index is 13.8. The van der Waals surface area contributed by atoms with E-state index in [4.69, 9.17) is 5.26 Å². The van der Waals surface area contributed by atoms with Crippen LogP contribution in [0.1, 0.15) is 32.3 Å². The number of nitriles is 1. The van der Waals surface area contributed by atoms with Crippen LogP contribution in [0.3, 0.4) is 0 Å². The molecule has 1 saturated heterocycles. The fourth-order valence-corrected chi connectivity index (χ4v) is 2.27. The highest BCUT2D eigenvalue weighted by Crippen LogP contribution is 2.34. The largest absolute Gasteiger partial charge is 0.367 e. The third-order valence-corrected chi connectivity index (χ3v) is 3.58. The van der Waals surface area contributed by atoms with Crippen molar-refractivity contribution in [1.29, 1.82) is 5.26 Å². The van der Waals surface area contributed by atoms with Crippen molar-refractivity contribution in [3.63, 3.8) is 0 Å². The molecule has 2 nitrogen and oxygen atoms in total. The summed E-state index contributed by atoms with van der Waals surface area (Å²) in [6, 6.07) is 3.94. The van der Waals surface area contributed by atoms with E-state index >= 15 is 0 Å². The molecule has 4 heteroatoms. The zero-order valence-electron chi connectivity index (χ0n) is 10.6. The second kappa shape index (κ2) is 4.56. The standard InChI is InChI=1S/C14H16F2N2/c1-14(2)3-5-18(6-4-14)13-11(15)7-10(9-17)8-12(13)16/h7-8H,3-6H2,1-2H3. The number of benzene rings is 1. The summed E-state index contributed by atoms with van der Waals surface area (Å²) in [7, 11) is 0. The average molecular weight is 250 g/mol. The van der Waals surface area contributed by atoms with Gasteiger partial charge in [-0.25, -0.2) is 8.78 Å². The van der Waals surface area contributed by atoms with Crippen LogP contribution < -0.4 is 4.90 Å². The van der Waals surface area contributed by atoms with Gasteiger partial charge in [0.2, 0.25) is 0 Å². The molecule has 0 atom stereocenters. The fraction of sp³-hybridized carbons (Fsp3) is 0.500. The molecule has 1 fully saturated rings. The Morgan fingerprint density at radius 3 is 2.11 bits per heavy atom. The first-order valence-electron chi connectivity index (χ1n) is 6.07. The minimum Gasteiger partial charge on any atom is -0.367 e. The molecule has 1 heterocycles. The van der Waals surface area contributed by atoms with Crippen LogP contribution in [0.5, 0.6) is 0 Å². The van der Waals surface area contributed by atoms with Gasteiger partial charge in [-0.2, -0.15) is 5.26 Å². The summed E-state index contributed by atoms with van der Waals surface area (Å²) in [5.74, 6) is -1.29. The number of piperidine rings is 1. The molecule has 0 N–H and O–H groups in total. The molecule has 18 heavy (non-hydrogen) atoms. The molecule has 0 aromatic heterocycles. The molecule has 1 aromatic rings. The summed E-state index contributed by atoms with van der Waals surface area (Å²) in [6.07, 6.45) is 1.82. The first-order chi connectivity index (χ1) is 8.43. The molecule has 0 saturated carbocycles. The van der Waals surface area contributed by atoms with E-state index in [-0.39, 0.29) is 16.7 Å². The van der Waals surface area contributed by atoms with Gasteiger partial charge in [0.05, 0.1) is 11.6 Å². The molecule has 2 rings (SSSR count). The summed E-state index contributed by atoms with van der Waals surface area (Å²) in [4.78, 5) is 1.73. The fourth-order valence-electron chi connectivity index (χ4n) is 2.27. The highest BCUT2D eigenvalue weighted by atomic mass is 19.1. The Hall–Kier alpha value is -1.63. The molecular weight excluding hydrogens is 234 g/mol. The SMILES string of the molecule is CC1(C)CCN(c2c(F)cc(C#N)cc2F)CC1. The van der Waals surface area contributed by atoms with Crippen LogP contribution in [0.4, 0.5) is 14.5 Å². The molecule has 1 aromatic carbocycles. The highest BCUT2D eigenvalue weighted by molar-refractivity contribution is 5.53. The smallest absolute Gasteiger partial charge is 0.150 e. The molecule has 0 unspecified atom stereocenters. The number of anilines is 1. The lowest BCUT2D eigenvalue weighted by Gasteiger charge is -2.38. The minimum absolute atomic E-state index is 0.00417. The van der Waals surface area contributed by atoms with Gasteiger partial charge in [0, 0.05) is 13.1 Å². The summed E-state index contributed by atoms with van der Waals surface area (Å²) < 4.78 is 27.7. The van der Waals surface area contributed by atoms with Gasteiger partial charge in [-0.05, 0) is 30.4 Å². The van der Waals surface area contributed by atoms with E-state index < -0.39 is 11.6 Å². The molecule has 0 aliphatic carbocycles. The first kappa shape index (κ1) is 12.8. The van der Waals surface area contributed by atoms with Crippen LogP contribution in [0.25, 0.3) is 0 Å². The zero-order valence-corrected chi connectivity index (χ0v) is 10.6. The van der Waals surface area contributed by atoms with E-state index in [0.29, 0.717) is 13.1 Å². The molecule has 0 spiro atoms. The maximum Gasteiger partial charge on any atom is 0.150 e. The Bertz CT molecular complexity index is 470. The number of hydrogen-bond acceptors (Lipinski definition) is 2. The van der Waals surface area contributed by atoms with Crippen LogP contribution in [-0.2, 0) is 0 Å². The quantitative estimate of drug-likeness (QED) is 0.763. The summed E-state index contributed by atoms with van der Waals surface area (Å²) in [5.41, 5.74) is 0.256. The van der Waals surface area contributed by atoms with Crippen molar-refractivity contribution in [3.05, 3.63) is 29.3 Å². The highest BCUT2D eigenvalue weighted by Gasteiger charge is 2.28. The lowest BCUT2D eigenvalue weighted by molar-refractivity contribution is 0.278. The Morgan fingerprint density at radius 1 is 1.17 bits per heavy atom. The number of halogens is 2. The molecule has 0 amide bonds. The van der Waals surface area contributed by atoms with Gasteiger partial charge >= 0.3 is 0 Å². The summed E-state index contributed by atoms with van der Waals surface area (Å²) >= 11 is 0. The van der Waals surface area contributed by atoms with Crippen LogP contribution in [0.2, 0.25) is 0 Å². The monoisotopic (exact) mass is 250 g/mol. The van der Waals surface area contributed by atoms with Crippen molar-refractivity contribution < 1.29 is 8.78 Å². The van der Waals surface area contributed by atoms with Crippen molar-refractivity contribution >= 4 is 5.69 Å². The van der Waals surface area contributed by atoms with E-state index in [0.717, 1.165) is 25.0 Å². The van der Waals surface area contributed by atoms with E-state index in [1.165, 1.54) is 0 Å². The van der Waals surface area contributed by atoms with E-state index in [1.54, 1.807) is 11.0 Å². The Labute approximate surface area is 106 Å². The maximum absolute atomic E-state index is 13.8. The first-order valence-corrected chi connectivity index (χ1v) is 6.07. The van der Waals surface area contributed by atoms with Crippen LogP contribution >= 0.6 is 0 Å². The predicted octanol–water partition coefficient (Wildman–Crippen LogP) is 3.46. The summed E-state index contributed by atoms with van der Waals surface area (Å²) in [6.45, 7) is 5.62. The number of nitrogens with zero attached hydrogens (tertiary/aromatic N) is 2. The lowest BCUT2D eigenvalue weighted by Crippen LogP contribution is -2.38. The van der Waals surface area contributed by atoms with Crippen molar-refractivity contribution in [2.24, 2.45) is 5.41 Å². The van der Waals surface area contributed by atoms with E-state index in [1.807, 2.05) is 0 Å². The van der Waals surface area contributed by atoms with Crippen molar-refractivity contribution in [3.8, 4) is 6.07 Å². The second-order valence-corrected chi connectivity index (χ2v) is 5.55. The molecule has 0 bridgehead atoms. The van der Waals surface area contributed by atoms with Crippen molar-refractivity contribution in [2.45, 2.75) is 26.7 Å². The predicted molar refractivity (Wildman–Crippen MR) is 66.3 cm³/mol. The van der Waals surface area contributed by atoms with Gasteiger partial charge in [0.15, 0.2) is 11.6 Å². The minimum atomic E-state index is -0.647. The van der Waals surface area contributed by atoms with Gasteiger partial charge in [0.1, 0.15) is 5.69 Å². The molecule has 96 valence electrons. The van der Waals surface area contributed by atoms with Gasteiger partial charge in [-0.3, -0.25) is 0 Å². The van der Waals surface area contributed by atoms with Gasteiger partial charge in [0.25, 0.3) is 0 Å². The third-order valence-electron chi connectivity index (χ3n) is 3.58. The third kappa shape index (κ3) is 2.45. The van der Waals surface area contributed by atoms with Crippen molar-refractivity contribution in [2.75, 3.05) is 18.0 Å². The Morgan fingerprint density at radius 2 is 1.67 bits per heavy atom. The second-order valence-electron chi connectivity index (χ2n) is 5.55. The molecule has 1 aliphatic rings. The van der Waals surface area contributed by atoms with E-state index in [9.17, 15) is 8.78 Å². The van der Waals surface area contributed by atoms with Crippen LogP contribution in [0.15, 0.2) is 12.1 Å². The Balaban J connectivity index is 2.28. The van der Waals surface area contributed by atoms with Crippen molar-refractivity contribution in [1.82, 2.24) is 0 Å². The molecular formula is C14H16F2N2. The Kier molecular flexibility index (Phi) is 3.25. The normalized spacial score (nSPS) is 18.5.